The highest BCUT2D eigenvalue weighted by molar-refractivity contribution is 7.80. The monoisotopic (exact) mass is 217 g/mol. The number of amides is 1. The van der Waals surface area contributed by atoms with Crippen molar-refractivity contribution in [3.63, 3.8) is 0 Å². The molecule has 3 N–H and O–H groups in total. The molecule has 2 unspecified atom stereocenters. The first kappa shape index (κ1) is 11.0. The number of piperazine rings is 1. The number of nitrogens with zero attached hydrogens (tertiary/aromatic N) is 2. The van der Waals surface area contributed by atoms with E-state index in [2.05, 4.69) is 0 Å². The first-order valence-electron chi connectivity index (χ1n) is 4.49. The predicted molar refractivity (Wildman–Crippen MR) is 57.1 cm³/mol. The van der Waals surface area contributed by atoms with Gasteiger partial charge in [-0.1, -0.05) is 0 Å². The second kappa shape index (κ2) is 4.00. The van der Waals surface area contributed by atoms with Crippen LogP contribution in [-0.4, -0.2) is 51.3 Å². The minimum atomic E-state index is -0.883. The molecule has 1 saturated heterocycles. The third-order valence-corrected chi connectivity index (χ3v) is 2.65. The normalized spacial score (nSPS) is 27.6. The van der Waals surface area contributed by atoms with Crippen LogP contribution in [0.25, 0.3) is 0 Å². The molecule has 0 spiro atoms. The topological polar surface area (TPSA) is 69.8 Å². The van der Waals surface area contributed by atoms with Crippen LogP contribution in [0.2, 0.25) is 0 Å². The van der Waals surface area contributed by atoms with Gasteiger partial charge in [-0.05, 0) is 26.1 Å². The molecule has 1 heterocycles. The fourth-order valence-corrected chi connectivity index (χ4v) is 2.27. The maximum atomic E-state index is 10.8. The summed E-state index contributed by atoms with van der Waals surface area (Å²) >= 11 is 4.91. The van der Waals surface area contributed by atoms with Crippen LogP contribution < -0.4 is 5.73 Å². The molecule has 0 aromatic rings. The zero-order valence-corrected chi connectivity index (χ0v) is 9.12. The molecule has 14 heavy (non-hydrogen) atoms. The van der Waals surface area contributed by atoms with Crippen molar-refractivity contribution in [3.05, 3.63) is 0 Å². The van der Waals surface area contributed by atoms with Crippen molar-refractivity contribution >= 4 is 23.4 Å². The van der Waals surface area contributed by atoms with Gasteiger partial charge in [-0.2, -0.15) is 0 Å². The van der Waals surface area contributed by atoms with Crippen molar-refractivity contribution < 1.29 is 9.90 Å². The van der Waals surface area contributed by atoms with Crippen LogP contribution in [0.5, 0.6) is 0 Å². The lowest BCUT2D eigenvalue weighted by Crippen LogP contribution is -2.60. The molecule has 1 aliphatic rings. The smallest absolute Gasteiger partial charge is 0.407 e. The van der Waals surface area contributed by atoms with E-state index in [0.717, 1.165) is 0 Å². The summed E-state index contributed by atoms with van der Waals surface area (Å²) in [5.74, 6) is 0. The predicted octanol–water partition coefficient (Wildman–Crippen LogP) is 0.303. The highest BCUT2D eigenvalue weighted by Crippen LogP contribution is 2.15. The summed E-state index contributed by atoms with van der Waals surface area (Å²) in [6.07, 6.45) is -0.883. The van der Waals surface area contributed by atoms with E-state index in [-0.39, 0.29) is 12.1 Å². The third-order valence-electron chi connectivity index (χ3n) is 2.44. The zero-order valence-electron chi connectivity index (χ0n) is 8.30. The van der Waals surface area contributed by atoms with Gasteiger partial charge in [0, 0.05) is 25.2 Å². The van der Waals surface area contributed by atoms with Crippen LogP contribution in [0, 0.1) is 0 Å². The standard InChI is InChI=1S/C8H15N3O2S/c1-5-3-10(8(12)13)4-6(2)11(5)7(9)14/h5-6H,3-4H2,1-2H3,(H2,9,14)(H,12,13). The molecule has 0 bridgehead atoms. The van der Waals surface area contributed by atoms with Crippen LogP contribution in [-0.2, 0) is 0 Å². The second-order valence-corrected chi connectivity index (χ2v) is 4.05. The SMILES string of the molecule is CC1CN(C(=O)O)CC(C)N1C(N)=S. The Kier molecular flexibility index (Phi) is 3.15. The Morgan fingerprint density at radius 3 is 2.14 bits per heavy atom. The Morgan fingerprint density at radius 1 is 1.43 bits per heavy atom. The van der Waals surface area contributed by atoms with Crippen LogP contribution in [0.4, 0.5) is 4.79 Å². The average molecular weight is 217 g/mol. The number of hydrogen-bond acceptors (Lipinski definition) is 2. The number of nitrogens with two attached hydrogens (primary N) is 1. The molecule has 0 aromatic carbocycles. The van der Waals surface area contributed by atoms with E-state index in [1.165, 1.54) is 4.90 Å². The van der Waals surface area contributed by atoms with E-state index in [9.17, 15) is 4.79 Å². The Bertz CT molecular complexity index is 247. The van der Waals surface area contributed by atoms with Crippen molar-refractivity contribution in [1.82, 2.24) is 9.80 Å². The van der Waals surface area contributed by atoms with Crippen molar-refractivity contribution in [3.8, 4) is 0 Å². The number of rotatable bonds is 0. The van der Waals surface area contributed by atoms with Gasteiger partial charge in [-0.3, -0.25) is 0 Å². The summed E-state index contributed by atoms with van der Waals surface area (Å²) in [5.41, 5.74) is 5.56. The maximum absolute atomic E-state index is 10.8. The summed E-state index contributed by atoms with van der Waals surface area (Å²) in [5, 5.41) is 9.18. The lowest BCUT2D eigenvalue weighted by atomic mass is 10.1. The van der Waals surface area contributed by atoms with Gasteiger partial charge in [0.15, 0.2) is 5.11 Å². The quantitative estimate of drug-likeness (QED) is 0.571. The van der Waals surface area contributed by atoms with E-state index >= 15 is 0 Å². The number of thiocarbonyl (C=S) groups is 1. The van der Waals surface area contributed by atoms with Gasteiger partial charge in [0.1, 0.15) is 0 Å². The van der Waals surface area contributed by atoms with Crippen LogP contribution in [0.15, 0.2) is 0 Å². The molecule has 6 heteroatoms. The molecule has 1 amide bonds. The molecule has 2 atom stereocenters. The van der Waals surface area contributed by atoms with E-state index in [1.807, 2.05) is 18.7 Å². The minimum Gasteiger partial charge on any atom is -0.465 e. The molecule has 80 valence electrons. The minimum absolute atomic E-state index is 0.0485. The van der Waals surface area contributed by atoms with Gasteiger partial charge in [-0.25, -0.2) is 4.79 Å². The first-order valence-corrected chi connectivity index (χ1v) is 4.90. The van der Waals surface area contributed by atoms with Gasteiger partial charge in [0.05, 0.1) is 0 Å². The van der Waals surface area contributed by atoms with Crippen LogP contribution >= 0.6 is 12.2 Å². The summed E-state index contributed by atoms with van der Waals surface area (Å²) < 4.78 is 0. The van der Waals surface area contributed by atoms with E-state index in [0.29, 0.717) is 18.2 Å². The fourth-order valence-electron chi connectivity index (χ4n) is 1.91. The van der Waals surface area contributed by atoms with Crippen molar-refractivity contribution in [1.29, 1.82) is 0 Å². The molecule has 5 nitrogen and oxygen atoms in total. The number of carboxylic acid groups (broad SMARTS) is 1. The molecule has 1 rings (SSSR count). The first-order chi connectivity index (χ1) is 6.43. The van der Waals surface area contributed by atoms with Gasteiger partial charge in [-0.15, -0.1) is 0 Å². The van der Waals surface area contributed by atoms with Crippen LogP contribution in [0.3, 0.4) is 0 Å². The summed E-state index contributed by atoms with van der Waals surface area (Å²) in [6, 6.07) is 0.0969. The van der Waals surface area contributed by atoms with Gasteiger partial charge < -0.3 is 20.6 Å². The second-order valence-electron chi connectivity index (χ2n) is 3.63. The average Bonchev–Trinajstić information content (AvgIpc) is 2.01. The fraction of sp³-hybridized carbons (Fsp3) is 0.750. The van der Waals surface area contributed by atoms with Crippen LogP contribution in [0.1, 0.15) is 13.8 Å². The third kappa shape index (κ3) is 2.06. The summed E-state index contributed by atoms with van der Waals surface area (Å²) in [4.78, 5) is 14.0. The lowest BCUT2D eigenvalue weighted by molar-refractivity contribution is 0.0811. The Balaban J connectivity index is 2.72. The van der Waals surface area contributed by atoms with Crippen molar-refractivity contribution in [2.24, 2.45) is 5.73 Å². The molecule has 1 aliphatic heterocycles. The maximum Gasteiger partial charge on any atom is 0.407 e. The van der Waals surface area contributed by atoms with Crippen molar-refractivity contribution in [2.75, 3.05) is 13.1 Å². The largest absolute Gasteiger partial charge is 0.465 e. The highest BCUT2D eigenvalue weighted by atomic mass is 32.1. The molecule has 0 radical (unpaired) electrons. The Morgan fingerprint density at radius 2 is 1.86 bits per heavy atom. The van der Waals surface area contributed by atoms with E-state index in [1.54, 1.807) is 0 Å². The lowest BCUT2D eigenvalue weighted by Gasteiger charge is -2.43. The molecule has 0 saturated carbocycles. The summed E-state index contributed by atoms with van der Waals surface area (Å²) in [7, 11) is 0. The van der Waals surface area contributed by atoms with E-state index in [4.69, 9.17) is 23.1 Å². The Hall–Kier alpha value is -1.04. The highest BCUT2D eigenvalue weighted by Gasteiger charge is 2.32. The van der Waals surface area contributed by atoms with Gasteiger partial charge >= 0.3 is 6.09 Å². The molecule has 0 aliphatic carbocycles. The molecular formula is C8H15N3O2S. The van der Waals surface area contributed by atoms with Crippen molar-refractivity contribution in [2.45, 2.75) is 25.9 Å². The van der Waals surface area contributed by atoms with Gasteiger partial charge in [0.25, 0.3) is 0 Å². The molecule has 0 aromatic heterocycles. The molecule has 1 fully saturated rings. The molecular weight excluding hydrogens is 202 g/mol. The van der Waals surface area contributed by atoms with Gasteiger partial charge in [0.2, 0.25) is 0 Å². The van der Waals surface area contributed by atoms with E-state index < -0.39 is 6.09 Å². The Labute approximate surface area is 88.5 Å². The number of hydrogen-bond donors (Lipinski definition) is 2. The number of carbonyl (C=O) groups is 1. The zero-order chi connectivity index (χ0) is 10.9. The summed E-state index contributed by atoms with van der Waals surface area (Å²) in [6.45, 7) is 4.75.